The lowest BCUT2D eigenvalue weighted by molar-refractivity contribution is 0.309. The number of hydrogen-bond acceptors (Lipinski definition) is 7. The number of hydrogen-bond donors (Lipinski definition) is 2. The first-order chi connectivity index (χ1) is 10.6. The van der Waals surface area contributed by atoms with Crippen LogP contribution >= 0.6 is 43.2 Å². The third kappa shape index (κ3) is 3.90. The van der Waals surface area contributed by atoms with Crippen LogP contribution in [0.2, 0.25) is 0 Å². The molecule has 3 N–H and O–H groups in total. The van der Waals surface area contributed by atoms with E-state index < -0.39 is 0 Å². The molecule has 0 saturated carbocycles. The van der Waals surface area contributed by atoms with Crippen LogP contribution < -0.4 is 20.6 Å². The lowest BCUT2D eigenvalue weighted by atomic mass is 10.2. The predicted molar refractivity (Wildman–Crippen MR) is 97.3 cm³/mol. The van der Waals surface area contributed by atoms with Crippen LogP contribution in [0.4, 0.5) is 10.9 Å². The molecule has 2 aromatic rings. The summed E-state index contributed by atoms with van der Waals surface area (Å²) in [6.07, 6.45) is 1.66. The minimum Gasteiger partial charge on any atom is -0.492 e. The van der Waals surface area contributed by atoms with Crippen LogP contribution in [0.1, 0.15) is 12.5 Å². The van der Waals surface area contributed by atoms with Crippen molar-refractivity contribution in [3.63, 3.8) is 0 Å². The van der Waals surface area contributed by atoms with Gasteiger partial charge < -0.3 is 15.2 Å². The number of aromatic nitrogens is 1. The predicted octanol–water partition coefficient (Wildman–Crippen LogP) is 4.10. The first-order valence-electron chi connectivity index (χ1n) is 6.25. The number of methoxy groups -OCH3 is 1. The Bertz CT molecular complexity index is 691. The van der Waals surface area contributed by atoms with E-state index in [2.05, 4.69) is 47.4 Å². The number of ether oxygens (including phenoxy) is 2. The van der Waals surface area contributed by atoms with Gasteiger partial charge in [-0.3, -0.25) is 5.43 Å². The van der Waals surface area contributed by atoms with Crippen molar-refractivity contribution >= 4 is 60.4 Å². The van der Waals surface area contributed by atoms with Crippen LogP contribution in [0.25, 0.3) is 0 Å². The van der Waals surface area contributed by atoms with Gasteiger partial charge in [0.2, 0.25) is 5.13 Å². The molecule has 22 heavy (non-hydrogen) atoms. The van der Waals surface area contributed by atoms with E-state index >= 15 is 0 Å². The largest absolute Gasteiger partial charge is 0.492 e. The number of rotatable bonds is 6. The first kappa shape index (κ1) is 17.0. The second-order valence-electron chi connectivity index (χ2n) is 4.01. The molecule has 0 fully saturated rings. The van der Waals surface area contributed by atoms with Crippen molar-refractivity contribution in [3.05, 3.63) is 26.0 Å². The monoisotopic (exact) mass is 448 g/mol. The molecular formula is C13H14Br2N4O2S. The highest BCUT2D eigenvalue weighted by atomic mass is 79.9. The van der Waals surface area contributed by atoms with Gasteiger partial charge in [-0.2, -0.15) is 5.10 Å². The molecule has 0 radical (unpaired) electrons. The highest BCUT2D eigenvalue weighted by Gasteiger charge is 2.15. The van der Waals surface area contributed by atoms with Gasteiger partial charge >= 0.3 is 0 Å². The second kappa shape index (κ2) is 7.80. The van der Waals surface area contributed by atoms with Gasteiger partial charge in [0.15, 0.2) is 11.5 Å². The molecule has 0 aliphatic rings. The summed E-state index contributed by atoms with van der Waals surface area (Å²) >= 11 is 8.39. The van der Waals surface area contributed by atoms with Crippen molar-refractivity contribution in [1.29, 1.82) is 0 Å². The van der Waals surface area contributed by atoms with E-state index in [1.807, 2.05) is 13.0 Å². The van der Waals surface area contributed by atoms with E-state index in [1.165, 1.54) is 11.3 Å². The Morgan fingerprint density at radius 3 is 2.82 bits per heavy atom. The standard InChI is InChI=1S/C13H14Br2N4O2S/c1-3-21-8-4-7(10(14)11(15)12(8)20-2)5-17-19-13-18-9(16)6-22-13/h4-6H,3,16H2,1-2H3,(H,18,19). The Morgan fingerprint density at radius 1 is 1.45 bits per heavy atom. The van der Waals surface area contributed by atoms with E-state index in [-0.39, 0.29) is 0 Å². The first-order valence-corrected chi connectivity index (χ1v) is 8.72. The Hall–Kier alpha value is -1.32. The Labute approximate surface area is 149 Å². The number of benzene rings is 1. The lowest BCUT2D eigenvalue weighted by Crippen LogP contribution is -1.99. The summed E-state index contributed by atoms with van der Waals surface area (Å²) in [6.45, 7) is 2.45. The maximum absolute atomic E-state index is 5.59. The van der Waals surface area contributed by atoms with Crippen molar-refractivity contribution in [2.45, 2.75) is 6.92 Å². The summed E-state index contributed by atoms with van der Waals surface area (Å²) in [6, 6.07) is 1.85. The molecule has 0 spiro atoms. The van der Waals surface area contributed by atoms with Gasteiger partial charge in [-0.15, -0.1) is 11.3 Å². The molecule has 0 atom stereocenters. The minimum atomic E-state index is 0.467. The summed E-state index contributed by atoms with van der Waals surface area (Å²) in [7, 11) is 1.59. The van der Waals surface area contributed by atoms with Gasteiger partial charge in [-0.25, -0.2) is 4.98 Å². The molecule has 118 valence electrons. The SMILES string of the molecule is CCOc1cc(C=NNc2nc(N)cs2)c(Br)c(Br)c1OC. The lowest BCUT2D eigenvalue weighted by Gasteiger charge is -2.13. The van der Waals surface area contributed by atoms with Gasteiger partial charge in [0.1, 0.15) is 5.82 Å². The number of hydrazone groups is 1. The van der Waals surface area contributed by atoms with Crippen molar-refractivity contribution in [2.24, 2.45) is 5.10 Å². The molecule has 0 unspecified atom stereocenters. The van der Waals surface area contributed by atoms with Crippen LogP contribution in [0.3, 0.4) is 0 Å². The van der Waals surface area contributed by atoms with Crippen LogP contribution in [-0.2, 0) is 0 Å². The number of nitrogens with two attached hydrogens (primary N) is 1. The number of halogens is 2. The zero-order valence-electron chi connectivity index (χ0n) is 11.9. The molecule has 1 aromatic carbocycles. The van der Waals surface area contributed by atoms with E-state index in [9.17, 15) is 0 Å². The van der Waals surface area contributed by atoms with Crippen molar-refractivity contribution in [1.82, 2.24) is 4.98 Å². The van der Waals surface area contributed by atoms with E-state index in [0.29, 0.717) is 29.1 Å². The maximum Gasteiger partial charge on any atom is 0.205 e. The quantitative estimate of drug-likeness (QED) is 0.512. The molecule has 1 aromatic heterocycles. The van der Waals surface area contributed by atoms with Gasteiger partial charge in [0, 0.05) is 15.4 Å². The highest BCUT2D eigenvalue weighted by molar-refractivity contribution is 9.13. The zero-order chi connectivity index (χ0) is 16.1. The van der Waals surface area contributed by atoms with Crippen LogP contribution in [0, 0.1) is 0 Å². The van der Waals surface area contributed by atoms with Gasteiger partial charge in [0.25, 0.3) is 0 Å². The summed E-state index contributed by atoms with van der Waals surface area (Å²) in [5, 5.41) is 6.52. The number of anilines is 2. The Kier molecular flexibility index (Phi) is 6.04. The molecule has 0 aliphatic carbocycles. The molecule has 0 saturated heterocycles. The summed E-state index contributed by atoms with van der Waals surface area (Å²) < 4.78 is 12.5. The Balaban J connectivity index is 2.26. The van der Waals surface area contributed by atoms with Gasteiger partial charge in [-0.05, 0) is 44.8 Å². The van der Waals surface area contributed by atoms with Crippen molar-refractivity contribution < 1.29 is 9.47 Å². The van der Waals surface area contributed by atoms with Crippen molar-refractivity contribution in [3.8, 4) is 11.5 Å². The number of nitrogens with zero attached hydrogens (tertiary/aromatic N) is 2. The average molecular weight is 450 g/mol. The van der Waals surface area contributed by atoms with E-state index in [4.69, 9.17) is 15.2 Å². The Morgan fingerprint density at radius 2 is 2.23 bits per heavy atom. The van der Waals surface area contributed by atoms with E-state index in [0.717, 1.165) is 14.5 Å². The number of thiazole rings is 1. The van der Waals surface area contributed by atoms with Crippen LogP contribution in [-0.4, -0.2) is 24.9 Å². The molecular weight excluding hydrogens is 436 g/mol. The van der Waals surface area contributed by atoms with Gasteiger partial charge in [0.05, 0.1) is 24.4 Å². The zero-order valence-corrected chi connectivity index (χ0v) is 15.9. The maximum atomic E-state index is 5.59. The fourth-order valence-corrected chi connectivity index (χ4v) is 3.18. The molecule has 6 nitrogen and oxygen atoms in total. The fraction of sp³-hybridized carbons (Fsp3) is 0.231. The summed E-state index contributed by atoms with van der Waals surface area (Å²) in [5.41, 5.74) is 9.21. The normalized spacial score (nSPS) is 10.9. The smallest absolute Gasteiger partial charge is 0.205 e. The highest BCUT2D eigenvalue weighted by Crippen LogP contribution is 2.42. The third-order valence-corrected chi connectivity index (χ3v) is 5.45. The molecule has 2 rings (SSSR count). The summed E-state index contributed by atoms with van der Waals surface area (Å²) in [4.78, 5) is 4.06. The molecule has 0 bridgehead atoms. The molecule has 1 heterocycles. The fourth-order valence-electron chi connectivity index (χ4n) is 1.65. The van der Waals surface area contributed by atoms with E-state index in [1.54, 1.807) is 18.7 Å². The average Bonchev–Trinajstić information content (AvgIpc) is 2.90. The molecule has 0 aliphatic heterocycles. The molecule has 9 heteroatoms. The molecule has 0 amide bonds. The summed E-state index contributed by atoms with van der Waals surface area (Å²) in [5.74, 6) is 1.74. The van der Waals surface area contributed by atoms with Crippen LogP contribution in [0.5, 0.6) is 11.5 Å². The second-order valence-corrected chi connectivity index (χ2v) is 6.45. The number of nitrogens with one attached hydrogen (secondary N) is 1. The van der Waals surface area contributed by atoms with Crippen LogP contribution in [0.15, 0.2) is 25.5 Å². The topological polar surface area (TPSA) is 81.8 Å². The minimum absolute atomic E-state index is 0.467. The number of nitrogen functional groups attached to an aromatic ring is 1. The van der Waals surface area contributed by atoms with Gasteiger partial charge in [-0.1, -0.05) is 0 Å². The van der Waals surface area contributed by atoms with Crippen molar-refractivity contribution in [2.75, 3.05) is 24.9 Å². The third-order valence-electron chi connectivity index (χ3n) is 2.55.